The van der Waals surface area contributed by atoms with Gasteiger partial charge >= 0.3 is 0 Å². The van der Waals surface area contributed by atoms with Gasteiger partial charge < -0.3 is 15.0 Å². The first-order chi connectivity index (χ1) is 13.0. The van der Waals surface area contributed by atoms with Gasteiger partial charge in [-0.3, -0.25) is 9.59 Å². The Bertz CT molecular complexity index is 777. The maximum atomic E-state index is 14.0. The molecule has 1 N–H and O–H groups in total. The van der Waals surface area contributed by atoms with Gasteiger partial charge in [-0.05, 0) is 35.7 Å². The Morgan fingerprint density at radius 1 is 1.15 bits per heavy atom. The van der Waals surface area contributed by atoms with Gasteiger partial charge in [0.1, 0.15) is 17.6 Å². The van der Waals surface area contributed by atoms with Crippen molar-refractivity contribution in [2.24, 2.45) is 0 Å². The molecular weight excluding hydrogens is 347 g/mol. The standard InChI is InChI=1S/C21H25FN2O3/c1-4-19(21(26)23-2)24(14-15-9-11-17(27-3)12-10-15)20(25)13-16-7-5-6-8-18(16)22/h5-12,19H,4,13-14H2,1-3H3,(H,23,26)/t19-/m1/s1. The fraction of sp³-hybridized carbons (Fsp3) is 0.333. The number of amides is 2. The minimum Gasteiger partial charge on any atom is -0.497 e. The van der Waals surface area contributed by atoms with Gasteiger partial charge in [0.15, 0.2) is 0 Å². The van der Waals surface area contributed by atoms with Gasteiger partial charge in [-0.1, -0.05) is 37.3 Å². The summed E-state index contributed by atoms with van der Waals surface area (Å²) in [6.07, 6.45) is 0.356. The molecule has 2 rings (SSSR count). The summed E-state index contributed by atoms with van der Waals surface area (Å²) in [5.74, 6) is -0.260. The first-order valence-corrected chi connectivity index (χ1v) is 8.87. The highest BCUT2D eigenvalue weighted by Crippen LogP contribution is 2.18. The number of carbonyl (C=O) groups excluding carboxylic acids is 2. The van der Waals surface area contributed by atoms with E-state index in [0.717, 1.165) is 5.56 Å². The van der Waals surface area contributed by atoms with Crippen LogP contribution in [-0.2, 0) is 22.6 Å². The van der Waals surface area contributed by atoms with Crippen LogP contribution >= 0.6 is 0 Å². The second kappa shape index (κ2) is 9.71. The Hall–Kier alpha value is -2.89. The summed E-state index contributed by atoms with van der Waals surface area (Å²) in [5.41, 5.74) is 1.18. The van der Waals surface area contributed by atoms with Crippen LogP contribution in [0.4, 0.5) is 4.39 Å². The minimum atomic E-state index is -0.628. The molecule has 0 radical (unpaired) electrons. The lowest BCUT2D eigenvalue weighted by Crippen LogP contribution is -2.48. The van der Waals surface area contributed by atoms with Crippen LogP contribution < -0.4 is 10.1 Å². The van der Waals surface area contributed by atoms with Crippen LogP contribution in [0.25, 0.3) is 0 Å². The zero-order valence-electron chi connectivity index (χ0n) is 15.9. The van der Waals surface area contributed by atoms with Gasteiger partial charge in [-0.15, -0.1) is 0 Å². The number of ether oxygens (including phenoxy) is 1. The molecule has 0 saturated carbocycles. The number of nitrogens with one attached hydrogen (secondary N) is 1. The molecule has 0 bridgehead atoms. The number of halogens is 1. The molecule has 0 spiro atoms. The largest absolute Gasteiger partial charge is 0.497 e. The molecule has 0 aliphatic heterocycles. The average molecular weight is 372 g/mol. The number of carbonyl (C=O) groups is 2. The van der Waals surface area contributed by atoms with E-state index < -0.39 is 11.9 Å². The molecule has 0 aliphatic carbocycles. The Labute approximate surface area is 159 Å². The predicted octanol–water partition coefficient (Wildman–Crippen LogP) is 2.93. The van der Waals surface area contributed by atoms with E-state index in [4.69, 9.17) is 4.74 Å². The molecule has 2 aromatic carbocycles. The summed E-state index contributed by atoms with van der Waals surface area (Å²) < 4.78 is 19.1. The van der Waals surface area contributed by atoms with Crippen LogP contribution in [0.15, 0.2) is 48.5 Å². The lowest BCUT2D eigenvalue weighted by Gasteiger charge is -2.30. The van der Waals surface area contributed by atoms with Gasteiger partial charge in [-0.2, -0.15) is 0 Å². The van der Waals surface area contributed by atoms with Crippen molar-refractivity contribution in [1.82, 2.24) is 10.2 Å². The van der Waals surface area contributed by atoms with Crippen LogP contribution in [0.3, 0.4) is 0 Å². The average Bonchev–Trinajstić information content (AvgIpc) is 2.69. The monoisotopic (exact) mass is 372 g/mol. The second-order valence-corrected chi connectivity index (χ2v) is 6.18. The van der Waals surface area contributed by atoms with Crippen LogP contribution in [-0.4, -0.2) is 36.9 Å². The minimum absolute atomic E-state index is 0.101. The quantitative estimate of drug-likeness (QED) is 0.775. The van der Waals surface area contributed by atoms with E-state index in [1.165, 1.54) is 18.0 Å². The second-order valence-electron chi connectivity index (χ2n) is 6.18. The zero-order chi connectivity index (χ0) is 19.8. The maximum absolute atomic E-state index is 14.0. The van der Waals surface area contributed by atoms with Gasteiger partial charge in [0, 0.05) is 13.6 Å². The van der Waals surface area contributed by atoms with Crippen molar-refractivity contribution in [2.75, 3.05) is 14.2 Å². The SMILES string of the molecule is CC[C@H](C(=O)NC)N(Cc1ccc(OC)cc1)C(=O)Cc1ccccc1F. The highest BCUT2D eigenvalue weighted by Gasteiger charge is 2.28. The number of benzene rings is 2. The molecule has 1 atom stereocenters. The molecule has 2 aromatic rings. The number of hydrogen-bond acceptors (Lipinski definition) is 3. The first kappa shape index (κ1) is 20.4. The van der Waals surface area contributed by atoms with E-state index in [1.54, 1.807) is 37.4 Å². The molecule has 0 aliphatic rings. The molecule has 0 aromatic heterocycles. The van der Waals surface area contributed by atoms with Crippen molar-refractivity contribution in [3.05, 3.63) is 65.5 Å². The molecule has 0 heterocycles. The molecule has 27 heavy (non-hydrogen) atoms. The Morgan fingerprint density at radius 3 is 2.37 bits per heavy atom. The maximum Gasteiger partial charge on any atom is 0.242 e. The van der Waals surface area contributed by atoms with E-state index in [2.05, 4.69) is 5.32 Å². The van der Waals surface area contributed by atoms with Gasteiger partial charge in [0.25, 0.3) is 0 Å². The Morgan fingerprint density at radius 2 is 1.81 bits per heavy atom. The lowest BCUT2D eigenvalue weighted by molar-refractivity contribution is -0.140. The fourth-order valence-electron chi connectivity index (χ4n) is 2.92. The van der Waals surface area contributed by atoms with E-state index >= 15 is 0 Å². The third-order valence-corrected chi connectivity index (χ3v) is 4.44. The van der Waals surface area contributed by atoms with Gasteiger partial charge in [0.05, 0.1) is 13.5 Å². The van der Waals surface area contributed by atoms with Crippen LogP contribution in [0.2, 0.25) is 0 Å². The van der Waals surface area contributed by atoms with Crippen LogP contribution in [0.5, 0.6) is 5.75 Å². The summed E-state index contributed by atoms with van der Waals surface area (Å²) >= 11 is 0. The van der Waals surface area contributed by atoms with E-state index in [-0.39, 0.29) is 24.8 Å². The van der Waals surface area contributed by atoms with Crippen molar-refractivity contribution in [3.63, 3.8) is 0 Å². The van der Waals surface area contributed by atoms with E-state index in [0.29, 0.717) is 17.7 Å². The molecule has 5 nitrogen and oxygen atoms in total. The highest BCUT2D eigenvalue weighted by molar-refractivity contribution is 5.88. The molecule has 0 fully saturated rings. The summed E-state index contributed by atoms with van der Waals surface area (Å²) in [4.78, 5) is 26.8. The summed E-state index contributed by atoms with van der Waals surface area (Å²) in [5, 5.41) is 2.60. The highest BCUT2D eigenvalue weighted by atomic mass is 19.1. The third-order valence-electron chi connectivity index (χ3n) is 4.44. The summed E-state index contributed by atoms with van der Waals surface area (Å²) in [6.45, 7) is 2.10. The third kappa shape index (κ3) is 5.29. The molecular formula is C21H25FN2O3. The lowest BCUT2D eigenvalue weighted by atomic mass is 10.1. The molecule has 144 valence electrons. The number of rotatable bonds is 8. The van der Waals surface area contributed by atoms with Gasteiger partial charge in [0.2, 0.25) is 11.8 Å². The Kier molecular flexibility index (Phi) is 7.34. The topological polar surface area (TPSA) is 58.6 Å². The van der Waals surface area contributed by atoms with Crippen molar-refractivity contribution < 1.29 is 18.7 Å². The molecule has 0 saturated heterocycles. The number of hydrogen-bond donors (Lipinski definition) is 1. The molecule has 6 heteroatoms. The fourth-order valence-corrected chi connectivity index (χ4v) is 2.92. The first-order valence-electron chi connectivity index (χ1n) is 8.87. The number of methoxy groups -OCH3 is 1. The number of likely N-dealkylation sites (N-methyl/N-ethyl adjacent to an activating group) is 1. The normalized spacial score (nSPS) is 11.6. The summed E-state index contributed by atoms with van der Waals surface area (Å²) in [7, 11) is 3.12. The van der Waals surface area contributed by atoms with Crippen LogP contribution in [0, 0.1) is 5.82 Å². The van der Waals surface area contributed by atoms with Crippen molar-refractivity contribution in [3.8, 4) is 5.75 Å². The summed E-state index contributed by atoms with van der Waals surface area (Å²) in [6, 6.07) is 12.8. The van der Waals surface area contributed by atoms with E-state index in [1.807, 2.05) is 19.1 Å². The zero-order valence-corrected chi connectivity index (χ0v) is 15.9. The predicted molar refractivity (Wildman–Crippen MR) is 102 cm³/mol. The van der Waals surface area contributed by atoms with Crippen molar-refractivity contribution in [1.29, 1.82) is 0 Å². The van der Waals surface area contributed by atoms with E-state index in [9.17, 15) is 14.0 Å². The number of nitrogens with zero attached hydrogens (tertiary/aromatic N) is 1. The van der Waals surface area contributed by atoms with Gasteiger partial charge in [-0.25, -0.2) is 4.39 Å². The smallest absolute Gasteiger partial charge is 0.242 e. The molecule has 0 unspecified atom stereocenters. The van der Waals surface area contributed by atoms with Crippen LogP contribution in [0.1, 0.15) is 24.5 Å². The Balaban J connectivity index is 2.28. The van der Waals surface area contributed by atoms with Crippen molar-refractivity contribution in [2.45, 2.75) is 32.4 Å². The van der Waals surface area contributed by atoms with Crippen molar-refractivity contribution >= 4 is 11.8 Å². The molecule has 2 amide bonds.